The number of aromatic hydroxyl groups is 1. The van der Waals surface area contributed by atoms with Gasteiger partial charge in [-0.05, 0) is 106 Å². The number of aliphatic imine (C=N–C) groups is 1. The summed E-state index contributed by atoms with van der Waals surface area (Å²) in [6.07, 6.45) is 7.18. The molecule has 5 fully saturated rings. The molecule has 47 heavy (non-hydrogen) atoms. The largest absolute Gasteiger partial charge is 0.508 e. The lowest BCUT2D eigenvalue weighted by molar-refractivity contribution is -0.282. The maximum atomic E-state index is 12.7. The van der Waals surface area contributed by atoms with E-state index in [2.05, 4.69) is 6.92 Å². The Hall–Kier alpha value is -2.34. The first kappa shape index (κ1) is 33.2. The van der Waals surface area contributed by atoms with Crippen LogP contribution in [0.15, 0.2) is 40.9 Å². The minimum atomic E-state index is -1.10. The fraction of sp³-hybridized carbons (Fsp3) is 0.730. The molecule has 258 valence electrons. The minimum Gasteiger partial charge on any atom is -0.508 e. The summed E-state index contributed by atoms with van der Waals surface area (Å²) < 4.78 is 17.6. The van der Waals surface area contributed by atoms with Gasteiger partial charge in [0, 0.05) is 42.5 Å². The molecular formula is C37H51NO9. The Balaban J connectivity index is 1.15. The average molecular weight is 654 g/mol. The zero-order valence-electron chi connectivity index (χ0n) is 27.6. The van der Waals surface area contributed by atoms with Crippen molar-refractivity contribution in [1.29, 1.82) is 0 Å². The van der Waals surface area contributed by atoms with E-state index in [9.17, 15) is 30.3 Å². The van der Waals surface area contributed by atoms with Crippen LogP contribution in [0, 0.1) is 28.6 Å². The maximum absolute atomic E-state index is 12.7. The number of rotatable bonds is 7. The lowest BCUT2D eigenvalue weighted by Gasteiger charge is -2.66. The first-order valence-electron chi connectivity index (χ1n) is 17.7. The molecule has 6 aliphatic rings. The first-order valence-corrected chi connectivity index (χ1v) is 17.7. The van der Waals surface area contributed by atoms with E-state index in [-0.39, 0.29) is 47.4 Å². The van der Waals surface area contributed by atoms with Crippen molar-refractivity contribution in [2.75, 3.05) is 13.2 Å². The monoisotopic (exact) mass is 653 g/mol. The van der Waals surface area contributed by atoms with Gasteiger partial charge in [-0.1, -0.05) is 19.1 Å². The zero-order chi connectivity index (χ0) is 33.2. The van der Waals surface area contributed by atoms with Crippen molar-refractivity contribution in [3.63, 3.8) is 0 Å². The number of nitrogens with zero attached hydrogens (tertiary/aromatic N) is 1. The normalized spacial score (nSPS) is 46.4. The number of benzene rings is 1. The van der Waals surface area contributed by atoms with Crippen LogP contribution in [0.5, 0.6) is 5.75 Å². The van der Waals surface area contributed by atoms with Crippen molar-refractivity contribution in [1.82, 2.24) is 0 Å². The van der Waals surface area contributed by atoms with Crippen LogP contribution < -0.4 is 0 Å². The summed E-state index contributed by atoms with van der Waals surface area (Å²) in [4.78, 5) is 17.0. The standard InChI is InChI=1S/C37H51NO9/c1-22-33(42)30(40)18-32(46-22)47-26-7-13-35(21-38-16-11-23-3-5-25(39)6-4-23)28-8-12-34(2)27(24-17-31(41)45-20-24)10-15-37(34,44)29(28)9-14-36(35,43)19-26/h3-6,17,21-22,26-30,32-33,39-40,42-44H,7-16,18-20H2,1-2H3/t22-,26+,27+,28-,29+,30+,32+,33-,34-,35+,36-,37+/m1/s1. The summed E-state index contributed by atoms with van der Waals surface area (Å²) >= 11 is 0. The van der Waals surface area contributed by atoms with Crippen LogP contribution in [0.2, 0.25) is 0 Å². The van der Waals surface area contributed by atoms with Crippen LogP contribution in [-0.4, -0.2) is 92.8 Å². The number of aliphatic hydroxyl groups is 4. The van der Waals surface area contributed by atoms with E-state index >= 15 is 0 Å². The maximum Gasteiger partial charge on any atom is 0.331 e. The first-order chi connectivity index (χ1) is 22.4. The predicted molar refractivity (Wildman–Crippen MR) is 173 cm³/mol. The molecular weight excluding hydrogens is 602 g/mol. The van der Waals surface area contributed by atoms with Crippen LogP contribution >= 0.6 is 0 Å². The highest BCUT2D eigenvalue weighted by atomic mass is 16.7. The Morgan fingerprint density at radius 2 is 1.79 bits per heavy atom. The van der Waals surface area contributed by atoms with Gasteiger partial charge in [-0.2, -0.15) is 0 Å². The van der Waals surface area contributed by atoms with E-state index < -0.39 is 41.2 Å². The lowest BCUT2D eigenvalue weighted by atomic mass is 9.41. The molecule has 2 heterocycles. The lowest BCUT2D eigenvalue weighted by Crippen LogP contribution is -2.69. The van der Waals surface area contributed by atoms with Crippen molar-refractivity contribution in [3.05, 3.63) is 41.5 Å². The van der Waals surface area contributed by atoms with Gasteiger partial charge in [0.25, 0.3) is 0 Å². The number of esters is 1. The van der Waals surface area contributed by atoms with Gasteiger partial charge >= 0.3 is 5.97 Å². The van der Waals surface area contributed by atoms with E-state index in [0.29, 0.717) is 58.1 Å². The van der Waals surface area contributed by atoms with Gasteiger partial charge in [0.05, 0.1) is 29.5 Å². The van der Waals surface area contributed by atoms with Crippen LogP contribution in [0.25, 0.3) is 0 Å². The Morgan fingerprint density at radius 1 is 1.02 bits per heavy atom. The molecule has 10 heteroatoms. The third-order valence-electron chi connectivity index (χ3n) is 13.4. The molecule has 0 aromatic heterocycles. The highest BCUT2D eigenvalue weighted by molar-refractivity contribution is 5.85. The number of carbonyl (C=O) groups is 1. The molecule has 0 spiro atoms. The summed E-state index contributed by atoms with van der Waals surface area (Å²) in [5.74, 6) is 0.0225. The fourth-order valence-electron chi connectivity index (χ4n) is 10.9. The fourth-order valence-corrected chi connectivity index (χ4v) is 10.9. The molecule has 0 unspecified atom stereocenters. The van der Waals surface area contributed by atoms with Crippen molar-refractivity contribution < 1.29 is 44.5 Å². The third-order valence-corrected chi connectivity index (χ3v) is 13.4. The molecule has 0 bridgehead atoms. The average Bonchev–Trinajstić information content (AvgIpc) is 3.58. The Bertz CT molecular complexity index is 1390. The molecule has 1 aromatic rings. The molecule has 7 rings (SSSR count). The second-order valence-electron chi connectivity index (χ2n) is 15.6. The smallest absolute Gasteiger partial charge is 0.331 e. The molecule has 2 aliphatic heterocycles. The molecule has 0 radical (unpaired) electrons. The summed E-state index contributed by atoms with van der Waals surface area (Å²) in [6.45, 7) is 4.77. The SMILES string of the molecule is C[C@H]1O[C@@H](O[C@H]2CC[C@]3(C=NCCc4ccc(O)cc4)[C@@H]4CC[C@]5(C)[C@H](C6=CC(=O)OC6)CC[C@]5(O)[C@H]4CC[C@@]3(O)C2)C[C@H](O)[C@@H]1O. The summed E-state index contributed by atoms with van der Waals surface area (Å²) in [7, 11) is 0. The number of aliphatic hydroxyl groups excluding tert-OH is 2. The van der Waals surface area contributed by atoms with Crippen LogP contribution in [-0.2, 0) is 25.4 Å². The molecule has 4 aliphatic carbocycles. The second-order valence-corrected chi connectivity index (χ2v) is 15.6. The number of fused-ring (bicyclic) bond motifs is 5. The van der Waals surface area contributed by atoms with E-state index in [1.54, 1.807) is 25.1 Å². The van der Waals surface area contributed by atoms with Gasteiger partial charge in [0.2, 0.25) is 0 Å². The van der Waals surface area contributed by atoms with Crippen LogP contribution in [0.1, 0.15) is 83.6 Å². The van der Waals surface area contributed by atoms with E-state index in [1.807, 2.05) is 18.3 Å². The molecule has 4 saturated carbocycles. The Labute approximate surface area is 276 Å². The number of hydrogen-bond acceptors (Lipinski definition) is 10. The molecule has 5 N–H and O–H groups in total. The minimum absolute atomic E-state index is 0.0228. The molecule has 1 aromatic carbocycles. The topological polar surface area (TPSA) is 158 Å². The van der Waals surface area contributed by atoms with E-state index in [1.165, 1.54) is 0 Å². The van der Waals surface area contributed by atoms with Crippen molar-refractivity contribution in [2.45, 2.75) is 126 Å². The Morgan fingerprint density at radius 3 is 2.51 bits per heavy atom. The summed E-state index contributed by atoms with van der Waals surface area (Å²) in [6, 6.07) is 7.15. The quantitative estimate of drug-likeness (QED) is 0.168. The highest BCUT2D eigenvalue weighted by Crippen LogP contribution is 2.70. The van der Waals surface area contributed by atoms with Crippen LogP contribution in [0.4, 0.5) is 0 Å². The van der Waals surface area contributed by atoms with Crippen molar-refractivity contribution in [3.8, 4) is 5.75 Å². The number of phenols is 1. The second kappa shape index (κ2) is 12.2. The summed E-state index contributed by atoms with van der Waals surface area (Å²) in [5, 5.41) is 55.7. The van der Waals surface area contributed by atoms with Gasteiger partial charge in [0.1, 0.15) is 18.5 Å². The third kappa shape index (κ3) is 5.47. The number of phenolic OH excluding ortho intramolecular Hbond substituents is 1. The molecule has 0 amide bonds. The van der Waals surface area contributed by atoms with Gasteiger partial charge < -0.3 is 39.7 Å². The molecule has 10 nitrogen and oxygen atoms in total. The zero-order valence-corrected chi connectivity index (χ0v) is 27.6. The number of ether oxygens (including phenoxy) is 3. The number of hydrogen-bond donors (Lipinski definition) is 5. The van der Waals surface area contributed by atoms with Crippen molar-refractivity contribution >= 4 is 12.2 Å². The number of carbonyl (C=O) groups excluding carboxylic acids is 1. The van der Waals surface area contributed by atoms with E-state index in [4.69, 9.17) is 19.2 Å². The van der Waals surface area contributed by atoms with Gasteiger partial charge in [-0.15, -0.1) is 0 Å². The van der Waals surface area contributed by atoms with Gasteiger partial charge in [0.15, 0.2) is 6.29 Å². The predicted octanol–water partition coefficient (Wildman–Crippen LogP) is 3.60. The Kier molecular flexibility index (Phi) is 8.62. The van der Waals surface area contributed by atoms with Crippen LogP contribution in [0.3, 0.4) is 0 Å². The van der Waals surface area contributed by atoms with Gasteiger partial charge in [-0.25, -0.2) is 4.79 Å². The van der Waals surface area contributed by atoms with E-state index in [0.717, 1.165) is 30.4 Å². The molecule has 12 atom stereocenters. The van der Waals surface area contributed by atoms with Crippen molar-refractivity contribution in [2.24, 2.45) is 33.6 Å². The number of cyclic esters (lactones) is 1. The molecule has 1 saturated heterocycles. The highest BCUT2D eigenvalue weighted by Gasteiger charge is 2.71. The summed E-state index contributed by atoms with van der Waals surface area (Å²) in [5.41, 5.74) is -1.00. The van der Waals surface area contributed by atoms with Gasteiger partial charge in [-0.3, -0.25) is 4.99 Å².